The van der Waals surface area contributed by atoms with Gasteiger partial charge in [0.1, 0.15) is 12.4 Å². The van der Waals surface area contributed by atoms with Crippen LogP contribution in [0.1, 0.15) is 44.0 Å². The molecule has 3 amide bonds. The van der Waals surface area contributed by atoms with Crippen molar-refractivity contribution in [1.82, 2.24) is 16.2 Å². The fourth-order valence-corrected chi connectivity index (χ4v) is 3.59. The Bertz CT molecular complexity index is 1100. The first-order valence-electron chi connectivity index (χ1n) is 10.3. The number of carbonyl (C=O) groups excluding carboxylic acids is 3. The summed E-state index contributed by atoms with van der Waals surface area (Å²) in [6, 6.07) is 15.9. The van der Waals surface area contributed by atoms with E-state index in [1.54, 1.807) is 48.5 Å². The van der Waals surface area contributed by atoms with Gasteiger partial charge in [-0.2, -0.15) is 0 Å². The maximum Gasteiger partial charge on any atom is 0.269 e. The van der Waals surface area contributed by atoms with Gasteiger partial charge in [0.2, 0.25) is 5.91 Å². The molecule has 0 aliphatic carbocycles. The number of rotatable bonds is 9. The van der Waals surface area contributed by atoms with E-state index in [-0.39, 0.29) is 18.2 Å². The van der Waals surface area contributed by atoms with Crippen molar-refractivity contribution < 1.29 is 19.1 Å². The zero-order chi connectivity index (χ0) is 23.6. The first-order valence-corrected chi connectivity index (χ1v) is 11.6. The average Bonchev–Trinajstić information content (AvgIpc) is 3.36. The number of nitrogens with one attached hydrogen (secondary N) is 3. The molecule has 3 aromatic rings. The molecular formula is C24H24ClN3O4S. The summed E-state index contributed by atoms with van der Waals surface area (Å²) in [6.45, 7) is 2.63. The van der Waals surface area contributed by atoms with Crippen LogP contribution in [0, 0.1) is 6.92 Å². The van der Waals surface area contributed by atoms with Gasteiger partial charge in [0, 0.05) is 23.6 Å². The molecule has 0 fully saturated rings. The molecule has 3 rings (SSSR count). The Morgan fingerprint density at radius 2 is 1.79 bits per heavy atom. The topological polar surface area (TPSA) is 96.5 Å². The van der Waals surface area contributed by atoms with Crippen molar-refractivity contribution >= 4 is 40.7 Å². The Kier molecular flexibility index (Phi) is 8.86. The van der Waals surface area contributed by atoms with Crippen LogP contribution in [-0.4, -0.2) is 24.3 Å². The van der Waals surface area contributed by atoms with Gasteiger partial charge in [0.05, 0.1) is 4.88 Å². The van der Waals surface area contributed by atoms with Crippen LogP contribution >= 0.6 is 22.9 Å². The summed E-state index contributed by atoms with van der Waals surface area (Å²) in [6.07, 6.45) is 0.631. The zero-order valence-corrected chi connectivity index (χ0v) is 19.6. The number of hydrazine groups is 1. The van der Waals surface area contributed by atoms with E-state index in [0.29, 0.717) is 40.8 Å². The Labute approximate surface area is 201 Å². The summed E-state index contributed by atoms with van der Waals surface area (Å²) in [5, 5.41) is 5.26. The molecule has 2 aromatic carbocycles. The second kappa shape index (κ2) is 12.0. The number of aryl methyl sites for hydroxylation is 1. The fourth-order valence-electron chi connectivity index (χ4n) is 2.83. The highest BCUT2D eigenvalue weighted by Crippen LogP contribution is 2.22. The van der Waals surface area contributed by atoms with Crippen LogP contribution in [0.25, 0.3) is 0 Å². The molecule has 172 valence electrons. The molecule has 0 aliphatic rings. The van der Waals surface area contributed by atoms with E-state index in [2.05, 4.69) is 16.2 Å². The number of benzene rings is 2. The predicted octanol–water partition coefficient (Wildman–Crippen LogP) is 4.26. The monoisotopic (exact) mass is 485 g/mol. The minimum Gasteiger partial charge on any atom is -0.489 e. The minimum atomic E-state index is -0.421. The summed E-state index contributed by atoms with van der Waals surface area (Å²) in [4.78, 5) is 36.6. The molecule has 9 heteroatoms. The van der Waals surface area contributed by atoms with E-state index in [4.69, 9.17) is 16.3 Å². The fraction of sp³-hybridized carbons (Fsp3) is 0.208. The van der Waals surface area contributed by atoms with Crippen molar-refractivity contribution in [2.45, 2.75) is 26.4 Å². The zero-order valence-electron chi connectivity index (χ0n) is 18.0. The van der Waals surface area contributed by atoms with Crippen LogP contribution in [0.4, 0.5) is 0 Å². The molecule has 0 spiro atoms. The summed E-state index contributed by atoms with van der Waals surface area (Å²) in [5.41, 5.74) is 7.01. The Hall–Kier alpha value is -3.36. The van der Waals surface area contributed by atoms with Crippen LogP contribution in [0.15, 0.2) is 60.0 Å². The summed E-state index contributed by atoms with van der Waals surface area (Å²) >= 11 is 7.37. The molecule has 0 atom stereocenters. The normalized spacial score (nSPS) is 10.4. The van der Waals surface area contributed by atoms with E-state index in [1.807, 2.05) is 18.4 Å². The smallest absolute Gasteiger partial charge is 0.269 e. The van der Waals surface area contributed by atoms with Gasteiger partial charge >= 0.3 is 0 Å². The van der Waals surface area contributed by atoms with Gasteiger partial charge in [-0.05, 0) is 66.2 Å². The van der Waals surface area contributed by atoms with Crippen molar-refractivity contribution in [2.24, 2.45) is 0 Å². The molecular weight excluding hydrogens is 462 g/mol. The number of hydrogen-bond donors (Lipinski definition) is 3. The first kappa shape index (κ1) is 24.3. The minimum absolute atomic E-state index is 0.157. The molecule has 0 saturated heterocycles. The first-order chi connectivity index (χ1) is 15.9. The van der Waals surface area contributed by atoms with Crippen molar-refractivity contribution in [3.8, 4) is 5.75 Å². The van der Waals surface area contributed by atoms with Gasteiger partial charge in [-0.1, -0.05) is 29.8 Å². The van der Waals surface area contributed by atoms with E-state index in [9.17, 15) is 14.4 Å². The van der Waals surface area contributed by atoms with Crippen LogP contribution < -0.4 is 20.9 Å². The Morgan fingerprint density at radius 3 is 2.48 bits per heavy atom. The lowest BCUT2D eigenvalue weighted by Crippen LogP contribution is -2.41. The van der Waals surface area contributed by atoms with Gasteiger partial charge < -0.3 is 10.1 Å². The molecule has 1 aromatic heterocycles. The molecule has 3 N–H and O–H groups in total. The lowest BCUT2D eigenvalue weighted by molar-refractivity contribution is -0.121. The summed E-state index contributed by atoms with van der Waals surface area (Å²) in [7, 11) is 0. The lowest BCUT2D eigenvalue weighted by Gasteiger charge is -2.10. The molecule has 0 bridgehead atoms. The van der Waals surface area contributed by atoms with E-state index < -0.39 is 5.91 Å². The van der Waals surface area contributed by atoms with E-state index in [0.717, 1.165) is 11.1 Å². The third kappa shape index (κ3) is 7.62. The van der Waals surface area contributed by atoms with E-state index >= 15 is 0 Å². The highest BCUT2D eigenvalue weighted by Gasteiger charge is 2.09. The van der Waals surface area contributed by atoms with Crippen molar-refractivity contribution in [2.75, 3.05) is 6.54 Å². The maximum atomic E-state index is 12.2. The van der Waals surface area contributed by atoms with E-state index in [1.165, 1.54) is 11.3 Å². The number of carbonyl (C=O) groups is 3. The van der Waals surface area contributed by atoms with Crippen LogP contribution in [0.2, 0.25) is 5.02 Å². The standard InChI is InChI=1S/C24H24ClN3O4S/c1-16-14-19(10-11-20(16)25)32-15-17-6-8-18(9-7-17)23(30)28-27-22(29)5-2-12-26-24(31)21-4-3-13-33-21/h3-4,6-11,13-14H,2,5,12,15H2,1H3,(H,26,31)(H,27,29)(H,28,30). The molecule has 1 heterocycles. The quantitative estimate of drug-likeness (QED) is 0.311. The molecule has 0 aliphatic heterocycles. The third-order valence-corrected chi connectivity index (χ3v) is 5.97. The summed E-state index contributed by atoms with van der Waals surface area (Å²) < 4.78 is 5.75. The molecule has 0 unspecified atom stereocenters. The number of halogens is 1. The molecule has 0 saturated carbocycles. The van der Waals surface area contributed by atoms with Gasteiger partial charge in [0.25, 0.3) is 11.8 Å². The van der Waals surface area contributed by atoms with Crippen LogP contribution in [0.5, 0.6) is 5.75 Å². The largest absolute Gasteiger partial charge is 0.489 e. The van der Waals surface area contributed by atoms with Crippen molar-refractivity contribution in [1.29, 1.82) is 0 Å². The third-order valence-electron chi connectivity index (χ3n) is 4.68. The predicted molar refractivity (Wildman–Crippen MR) is 128 cm³/mol. The van der Waals surface area contributed by atoms with Crippen molar-refractivity contribution in [3.63, 3.8) is 0 Å². The SMILES string of the molecule is Cc1cc(OCc2ccc(C(=O)NNC(=O)CCCNC(=O)c3cccs3)cc2)ccc1Cl. The number of ether oxygens (including phenoxy) is 1. The summed E-state index contributed by atoms with van der Waals surface area (Å²) in [5.74, 6) is -0.199. The molecule has 7 nitrogen and oxygen atoms in total. The average molecular weight is 486 g/mol. The van der Waals surface area contributed by atoms with Crippen molar-refractivity contribution in [3.05, 3.63) is 86.6 Å². The second-order valence-electron chi connectivity index (χ2n) is 7.24. The lowest BCUT2D eigenvalue weighted by atomic mass is 10.1. The van der Waals surface area contributed by atoms with Crippen LogP contribution in [0.3, 0.4) is 0 Å². The highest BCUT2D eigenvalue weighted by atomic mass is 35.5. The molecule has 0 radical (unpaired) electrons. The maximum absolute atomic E-state index is 12.2. The van der Waals surface area contributed by atoms with Crippen LogP contribution in [-0.2, 0) is 11.4 Å². The second-order valence-corrected chi connectivity index (χ2v) is 8.59. The Balaban J connectivity index is 1.35. The molecule has 33 heavy (non-hydrogen) atoms. The number of amides is 3. The highest BCUT2D eigenvalue weighted by molar-refractivity contribution is 7.12. The Morgan fingerprint density at radius 1 is 1.00 bits per heavy atom. The van der Waals surface area contributed by atoms with Gasteiger partial charge in [-0.15, -0.1) is 11.3 Å². The number of thiophene rings is 1. The number of hydrogen-bond acceptors (Lipinski definition) is 5. The van der Waals surface area contributed by atoms with Gasteiger partial charge in [0.15, 0.2) is 0 Å². The van der Waals surface area contributed by atoms with Gasteiger partial charge in [-0.3, -0.25) is 25.2 Å². The van der Waals surface area contributed by atoms with Gasteiger partial charge in [-0.25, -0.2) is 0 Å².